The van der Waals surface area contributed by atoms with Crippen molar-refractivity contribution < 1.29 is 18.8 Å². The number of carbonyl (C=O) groups excluding carboxylic acids is 1. The van der Waals surface area contributed by atoms with E-state index in [2.05, 4.69) is 15.1 Å². The zero-order valence-corrected chi connectivity index (χ0v) is 17.6. The summed E-state index contributed by atoms with van der Waals surface area (Å²) in [7, 11) is 1.53. The second-order valence-corrected chi connectivity index (χ2v) is 7.64. The lowest BCUT2D eigenvalue weighted by molar-refractivity contribution is 0.0525. The molecule has 1 aliphatic rings. The van der Waals surface area contributed by atoms with Gasteiger partial charge in [-0.1, -0.05) is 35.5 Å². The van der Waals surface area contributed by atoms with Gasteiger partial charge < -0.3 is 18.9 Å². The largest absolute Gasteiger partial charge is 0.480 e. The summed E-state index contributed by atoms with van der Waals surface area (Å²) in [6, 6.07) is 15.2. The molecule has 2 aromatic heterocycles. The van der Waals surface area contributed by atoms with Crippen molar-refractivity contribution in [1.82, 2.24) is 20.0 Å². The Balaban J connectivity index is 1.35. The standard InChI is InChI=1S/C24H22N4O4/c1-30-21-13-25-14-22(26-21)31-18-8-5-11-28(15-18)24(29)17-9-10-20-19(12-17)23(32-27-20)16-6-3-2-4-7-16/h2-4,6-7,9-10,12-14,18H,5,8,11,15H2,1H3. The van der Waals surface area contributed by atoms with Crippen LogP contribution in [0.2, 0.25) is 0 Å². The molecule has 162 valence electrons. The van der Waals surface area contributed by atoms with Crippen molar-refractivity contribution in [3.05, 3.63) is 66.5 Å². The molecule has 0 aliphatic carbocycles. The number of carbonyl (C=O) groups is 1. The smallest absolute Gasteiger partial charge is 0.254 e. The number of hydrogen-bond donors (Lipinski definition) is 0. The molecule has 8 nitrogen and oxygen atoms in total. The number of amides is 1. The Morgan fingerprint density at radius 2 is 1.97 bits per heavy atom. The Hall–Kier alpha value is -3.94. The van der Waals surface area contributed by atoms with Gasteiger partial charge in [-0.3, -0.25) is 9.78 Å². The van der Waals surface area contributed by atoms with Gasteiger partial charge in [0, 0.05) is 17.7 Å². The van der Waals surface area contributed by atoms with Crippen molar-refractivity contribution in [1.29, 1.82) is 0 Å². The molecule has 1 amide bonds. The number of methoxy groups -OCH3 is 1. The third-order valence-corrected chi connectivity index (χ3v) is 5.51. The van der Waals surface area contributed by atoms with Crippen LogP contribution in [0.5, 0.6) is 11.8 Å². The van der Waals surface area contributed by atoms with E-state index in [1.807, 2.05) is 47.4 Å². The van der Waals surface area contributed by atoms with Gasteiger partial charge in [-0.05, 0) is 31.0 Å². The fourth-order valence-electron chi connectivity index (χ4n) is 3.93. The van der Waals surface area contributed by atoms with Crippen LogP contribution >= 0.6 is 0 Å². The van der Waals surface area contributed by atoms with Gasteiger partial charge in [0.1, 0.15) is 11.6 Å². The average molecular weight is 430 g/mol. The summed E-state index contributed by atoms with van der Waals surface area (Å²) in [6.45, 7) is 1.15. The minimum absolute atomic E-state index is 0.0443. The predicted octanol–water partition coefficient (Wildman–Crippen LogP) is 3.98. The summed E-state index contributed by atoms with van der Waals surface area (Å²) in [4.78, 5) is 23.4. The van der Waals surface area contributed by atoms with Crippen LogP contribution in [0.3, 0.4) is 0 Å². The number of rotatable bonds is 5. The first-order valence-electron chi connectivity index (χ1n) is 10.5. The van der Waals surface area contributed by atoms with Gasteiger partial charge in [0.15, 0.2) is 5.76 Å². The molecule has 1 saturated heterocycles. The molecule has 4 aromatic rings. The number of nitrogens with zero attached hydrogens (tertiary/aromatic N) is 4. The van der Waals surface area contributed by atoms with Crippen molar-refractivity contribution in [3.63, 3.8) is 0 Å². The highest BCUT2D eigenvalue weighted by Crippen LogP contribution is 2.30. The Bertz CT molecular complexity index is 1240. The van der Waals surface area contributed by atoms with E-state index in [1.165, 1.54) is 13.3 Å². The van der Waals surface area contributed by atoms with Crippen LogP contribution < -0.4 is 9.47 Å². The van der Waals surface area contributed by atoms with Crippen molar-refractivity contribution >= 4 is 16.8 Å². The Labute approximate surface area is 184 Å². The zero-order chi connectivity index (χ0) is 21.9. The van der Waals surface area contributed by atoms with Crippen molar-refractivity contribution in [3.8, 4) is 23.1 Å². The van der Waals surface area contributed by atoms with E-state index in [9.17, 15) is 4.79 Å². The molecule has 1 fully saturated rings. The molecule has 1 atom stereocenters. The summed E-state index contributed by atoms with van der Waals surface area (Å²) < 4.78 is 16.6. The maximum Gasteiger partial charge on any atom is 0.254 e. The highest BCUT2D eigenvalue weighted by Gasteiger charge is 2.27. The molecule has 0 N–H and O–H groups in total. The van der Waals surface area contributed by atoms with E-state index < -0.39 is 0 Å². The van der Waals surface area contributed by atoms with E-state index in [1.54, 1.807) is 12.3 Å². The van der Waals surface area contributed by atoms with E-state index in [0.29, 0.717) is 36.2 Å². The number of piperidine rings is 1. The molecule has 2 aromatic carbocycles. The first-order valence-corrected chi connectivity index (χ1v) is 10.5. The number of likely N-dealkylation sites (tertiary alicyclic amines) is 1. The molecular formula is C24H22N4O4. The van der Waals surface area contributed by atoms with E-state index in [-0.39, 0.29) is 12.0 Å². The third-order valence-electron chi connectivity index (χ3n) is 5.51. The highest BCUT2D eigenvalue weighted by molar-refractivity contribution is 6.01. The Morgan fingerprint density at radius 1 is 1.12 bits per heavy atom. The maximum absolute atomic E-state index is 13.3. The normalized spacial score (nSPS) is 16.2. The van der Waals surface area contributed by atoms with Crippen LogP contribution in [0.25, 0.3) is 22.2 Å². The number of hydrogen-bond acceptors (Lipinski definition) is 7. The van der Waals surface area contributed by atoms with Crippen LogP contribution in [0.15, 0.2) is 65.4 Å². The summed E-state index contributed by atoms with van der Waals surface area (Å²) in [5.41, 5.74) is 2.24. The maximum atomic E-state index is 13.3. The molecule has 32 heavy (non-hydrogen) atoms. The number of benzene rings is 2. The molecule has 5 rings (SSSR count). The van der Waals surface area contributed by atoms with E-state index in [4.69, 9.17) is 14.0 Å². The van der Waals surface area contributed by atoms with Crippen LogP contribution in [-0.2, 0) is 0 Å². The fraction of sp³-hybridized carbons (Fsp3) is 0.250. The van der Waals surface area contributed by atoms with Gasteiger partial charge in [0.05, 0.1) is 31.4 Å². The molecule has 8 heteroatoms. The van der Waals surface area contributed by atoms with Gasteiger partial charge in [0.25, 0.3) is 5.91 Å². The first-order chi connectivity index (χ1) is 15.7. The third kappa shape index (κ3) is 3.99. The number of ether oxygens (including phenoxy) is 2. The lowest BCUT2D eigenvalue weighted by Gasteiger charge is -2.32. The predicted molar refractivity (Wildman–Crippen MR) is 118 cm³/mol. The molecule has 1 aliphatic heterocycles. The lowest BCUT2D eigenvalue weighted by Crippen LogP contribution is -2.44. The topological polar surface area (TPSA) is 90.6 Å². The summed E-state index contributed by atoms with van der Waals surface area (Å²) in [5, 5.41) is 4.96. The molecule has 0 bridgehead atoms. The van der Waals surface area contributed by atoms with Gasteiger partial charge in [-0.15, -0.1) is 0 Å². The molecule has 3 heterocycles. The minimum Gasteiger partial charge on any atom is -0.480 e. The van der Waals surface area contributed by atoms with Crippen molar-refractivity contribution in [2.75, 3.05) is 20.2 Å². The summed E-state index contributed by atoms with van der Waals surface area (Å²) in [5.74, 6) is 1.40. The SMILES string of the molecule is COc1cncc(OC2CCCN(C(=O)c3ccc4noc(-c5ccccc5)c4c3)C2)n1. The lowest BCUT2D eigenvalue weighted by atomic mass is 10.0. The van der Waals surface area contributed by atoms with Gasteiger partial charge in [-0.2, -0.15) is 4.98 Å². The molecule has 0 radical (unpaired) electrons. The first kappa shape index (κ1) is 20.0. The Morgan fingerprint density at radius 3 is 2.81 bits per heavy atom. The molecular weight excluding hydrogens is 408 g/mol. The summed E-state index contributed by atoms with van der Waals surface area (Å²) in [6.07, 6.45) is 4.60. The second kappa shape index (κ2) is 8.66. The van der Waals surface area contributed by atoms with Crippen LogP contribution in [0, 0.1) is 0 Å². The van der Waals surface area contributed by atoms with Gasteiger partial charge in [-0.25, -0.2) is 0 Å². The average Bonchev–Trinajstić information content (AvgIpc) is 3.28. The van der Waals surface area contributed by atoms with Crippen LogP contribution in [-0.4, -0.2) is 52.2 Å². The quantitative estimate of drug-likeness (QED) is 0.473. The van der Waals surface area contributed by atoms with Crippen LogP contribution in [0.4, 0.5) is 0 Å². The van der Waals surface area contributed by atoms with Gasteiger partial charge >= 0.3 is 0 Å². The number of aromatic nitrogens is 3. The minimum atomic E-state index is -0.159. The van der Waals surface area contributed by atoms with Gasteiger partial charge in [0.2, 0.25) is 11.8 Å². The Kier molecular flexibility index (Phi) is 5.41. The monoisotopic (exact) mass is 430 g/mol. The summed E-state index contributed by atoms with van der Waals surface area (Å²) >= 11 is 0. The fourth-order valence-corrected chi connectivity index (χ4v) is 3.93. The molecule has 0 spiro atoms. The van der Waals surface area contributed by atoms with Crippen molar-refractivity contribution in [2.45, 2.75) is 18.9 Å². The van der Waals surface area contributed by atoms with E-state index in [0.717, 1.165) is 29.3 Å². The molecule has 1 unspecified atom stereocenters. The number of fused-ring (bicyclic) bond motifs is 1. The van der Waals surface area contributed by atoms with Crippen LogP contribution in [0.1, 0.15) is 23.2 Å². The zero-order valence-electron chi connectivity index (χ0n) is 17.6. The van der Waals surface area contributed by atoms with Crippen molar-refractivity contribution in [2.24, 2.45) is 0 Å². The second-order valence-electron chi connectivity index (χ2n) is 7.64. The highest BCUT2D eigenvalue weighted by atomic mass is 16.5. The molecule has 0 saturated carbocycles. The van der Waals surface area contributed by atoms with E-state index >= 15 is 0 Å².